The number of carbonyl (C=O) groups excluding carboxylic acids is 2. The van der Waals surface area contributed by atoms with Gasteiger partial charge in [-0.05, 0) is 62.2 Å². The van der Waals surface area contributed by atoms with E-state index in [2.05, 4.69) is 13.5 Å². The summed E-state index contributed by atoms with van der Waals surface area (Å²) in [6, 6.07) is 0. The van der Waals surface area contributed by atoms with Gasteiger partial charge in [0.25, 0.3) is 0 Å². The molecule has 24 heavy (non-hydrogen) atoms. The maximum Gasteiger partial charge on any atom is 0.171 e. The Morgan fingerprint density at radius 3 is 2.62 bits per heavy atom. The summed E-state index contributed by atoms with van der Waals surface area (Å²) in [4.78, 5) is 25.5. The first-order valence-electron chi connectivity index (χ1n) is 9.16. The second-order valence-electron chi connectivity index (χ2n) is 8.99. The van der Waals surface area contributed by atoms with E-state index in [4.69, 9.17) is 5.41 Å². The van der Waals surface area contributed by atoms with Gasteiger partial charge in [0.2, 0.25) is 0 Å². The van der Waals surface area contributed by atoms with Gasteiger partial charge in [-0.25, -0.2) is 4.39 Å². The van der Waals surface area contributed by atoms with E-state index >= 15 is 4.39 Å². The van der Waals surface area contributed by atoms with Crippen LogP contribution in [0.15, 0.2) is 12.2 Å². The molecule has 0 radical (unpaired) electrons. The number of hydrogen-bond acceptors (Lipinski definition) is 3. The molecule has 7 atom stereocenters. The third kappa shape index (κ3) is 1.75. The van der Waals surface area contributed by atoms with Crippen molar-refractivity contribution in [2.45, 2.75) is 58.5 Å². The molecule has 0 amide bonds. The predicted molar refractivity (Wildman–Crippen MR) is 89.7 cm³/mol. The SMILES string of the molecule is C=C1CC2C(C(=O)C(F)[C@]3(C)C(=O)CCC23)[C@@]2(C)CCC(=N)CC12. The number of ketones is 2. The van der Waals surface area contributed by atoms with E-state index in [1.54, 1.807) is 6.92 Å². The molecular formula is C20H26FNO2. The van der Waals surface area contributed by atoms with Gasteiger partial charge in [0.1, 0.15) is 5.78 Å². The van der Waals surface area contributed by atoms with Crippen molar-refractivity contribution in [3.8, 4) is 0 Å². The molecule has 1 N–H and O–H groups in total. The van der Waals surface area contributed by atoms with Crippen LogP contribution in [0.5, 0.6) is 0 Å². The fraction of sp³-hybridized carbons (Fsp3) is 0.750. The summed E-state index contributed by atoms with van der Waals surface area (Å²) in [6.07, 6.45) is 2.25. The van der Waals surface area contributed by atoms with E-state index in [-0.39, 0.29) is 40.7 Å². The van der Waals surface area contributed by atoms with E-state index in [0.29, 0.717) is 32.1 Å². The molecule has 0 bridgehead atoms. The first kappa shape index (κ1) is 16.2. The molecule has 3 nitrogen and oxygen atoms in total. The van der Waals surface area contributed by atoms with Gasteiger partial charge in [-0.1, -0.05) is 19.1 Å². The van der Waals surface area contributed by atoms with E-state index < -0.39 is 11.6 Å². The third-order valence-electron chi connectivity index (χ3n) is 7.99. The maximum absolute atomic E-state index is 15.2. The van der Waals surface area contributed by atoms with Gasteiger partial charge in [0, 0.05) is 18.1 Å². The van der Waals surface area contributed by atoms with Crippen molar-refractivity contribution in [1.82, 2.24) is 0 Å². The lowest BCUT2D eigenvalue weighted by molar-refractivity contribution is -0.165. The summed E-state index contributed by atoms with van der Waals surface area (Å²) in [5, 5.41) is 8.04. The first-order chi connectivity index (χ1) is 11.2. The van der Waals surface area contributed by atoms with Crippen molar-refractivity contribution in [2.24, 2.45) is 34.5 Å². The highest BCUT2D eigenvalue weighted by atomic mass is 19.1. The zero-order valence-corrected chi connectivity index (χ0v) is 14.5. The molecule has 4 rings (SSSR count). The van der Waals surface area contributed by atoms with Crippen LogP contribution in [-0.2, 0) is 9.59 Å². The molecule has 4 fully saturated rings. The van der Waals surface area contributed by atoms with Crippen LogP contribution < -0.4 is 0 Å². The van der Waals surface area contributed by atoms with Gasteiger partial charge in [-0.2, -0.15) is 0 Å². The van der Waals surface area contributed by atoms with E-state index in [0.717, 1.165) is 17.7 Å². The number of allylic oxidation sites excluding steroid dienone is 1. The molecule has 130 valence electrons. The van der Waals surface area contributed by atoms with Crippen LogP contribution in [-0.4, -0.2) is 23.4 Å². The number of fused-ring (bicyclic) bond motifs is 5. The van der Waals surface area contributed by atoms with Crippen molar-refractivity contribution in [2.75, 3.05) is 0 Å². The van der Waals surface area contributed by atoms with Crippen molar-refractivity contribution in [1.29, 1.82) is 5.41 Å². The molecule has 0 aromatic heterocycles. The monoisotopic (exact) mass is 331 g/mol. The predicted octanol–water partition coefficient (Wildman–Crippen LogP) is 3.91. The van der Waals surface area contributed by atoms with Gasteiger partial charge in [-0.3, -0.25) is 9.59 Å². The molecule has 4 aliphatic carbocycles. The minimum absolute atomic E-state index is 0.0430. The van der Waals surface area contributed by atoms with Crippen LogP contribution in [0.1, 0.15) is 52.4 Å². The maximum atomic E-state index is 15.2. The van der Waals surface area contributed by atoms with Crippen molar-refractivity contribution >= 4 is 17.3 Å². The Bertz CT molecular complexity index is 671. The van der Waals surface area contributed by atoms with Gasteiger partial charge in [0.05, 0.1) is 5.41 Å². The van der Waals surface area contributed by atoms with Gasteiger partial charge in [-0.15, -0.1) is 0 Å². The highest BCUT2D eigenvalue weighted by Gasteiger charge is 2.68. The number of nitrogens with one attached hydrogen (secondary N) is 1. The Labute approximate surface area is 142 Å². The lowest BCUT2D eigenvalue weighted by Gasteiger charge is -2.59. The molecule has 5 unspecified atom stereocenters. The zero-order valence-electron chi connectivity index (χ0n) is 14.5. The van der Waals surface area contributed by atoms with Crippen molar-refractivity contribution in [3.05, 3.63) is 12.2 Å². The summed E-state index contributed by atoms with van der Waals surface area (Å²) in [5.74, 6) is -0.629. The number of rotatable bonds is 0. The Morgan fingerprint density at radius 2 is 1.92 bits per heavy atom. The van der Waals surface area contributed by atoms with E-state index in [9.17, 15) is 9.59 Å². The molecule has 0 spiro atoms. The molecule has 0 aromatic rings. The molecule has 0 saturated heterocycles. The van der Waals surface area contributed by atoms with E-state index in [1.165, 1.54) is 0 Å². The molecule has 0 aliphatic heterocycles. The Morgan fingerprint density at radius 1 is 1.21 bits per heavy atom. The molecule has 4 saturated carbocycles. The molecule has 4 heteroatoms. The lowest BCUT2D eigenvalue weighted by atomic mass is 9.43. The van der Waals surface area contributed by atoms with Crippen LogP contribution in [0.4, 0.5) is 4.39 Å². The van der Waals surface area contributed by atoms with Crippen molar-refractivity contribution in [3.63, 3.8) is 0 Å². The highest BCUT2D eigenvalue weighted by molar-refractivity contribution is 5.99. The Balaban J connectivity index is 1.81. The lowest BCUT2D eigenvalue weighted by Crippen LogP contribution is -2.62. The first-order valence-corrected chi connectivity index (χ1v) is 9.16. The average Bonchev–Trinajstić information content (AvgIpc) is 2.83. The van der Waals surface area contributed by atoms with Gasteiger partial charge >= 0.3 is 0 Å². The van der Waals surface area contributed by atoms with Crippen LogP contribution in [0.25, 0.3) is 0 Å². The Kier molecular flexibility index (Phi) is 3.27. The summed E-state index contributed by atoms with van der Waals surface area (Å²) in [7, 11) is 0. The molecular weight excluding hydrogens is 305 g/mol. The zero-order chi connectivity index (χ0) is 17.4. The van der Waals surface area contributed by atoms with Crippen LogP contribution in [0.3, 0.4) is 0 Å². The fourth-order valence-corrected chi connectivity index (χ4v) is 6.63. The molecule has 0 aromatic carbocycles. The Hall–Kier alpha value is -1.32. The minimum Gasteiger partial charge on any atom is -0.310 e. The standard InChI is InChI=1S/C20H26FNO2/c1-10-8-12-13-4-5-15(23)20(13,3)18(21)17(24)16(12)19(2)7-6-11(22)9-14(10)19/h12-14,16,18,22H,1,4-9H2,2-3H3/t12?,13?,14?,16?,18?,19-,20-/m0/s1. The normalized spacial score (nSPS) is 51.2. The largest absolute Gasteiger partial charge is 0.310 e. The topological polar surface area (TPSA) is 58.0 Å². The average molecular weight is 331 g/mol. The minimum atomic E-state index is -1.66. The number of alkyl halides is 1. The summed E-state index contributed by atoms with van der Waals surface area (Å²) >= 11 is 0. The smallest absolute Gasteiger partial charge is 0.171 e. The number of hydrogen-bond donors (Lipinski definition) is 1. The quantitative estimate of drug-likeness (QED) is 0.684. The number of Topliss-reactive ketones (excluding diaryl/α,β-unsaturated/α-hetero) is 2. The summed E-state index contributed by atoms with van der Waals surface area (Å²) in [6.45, 7) is 8.07. The highest BCUT2D eigenvalue weighted by Crippen LogP contribution is 2.65. The van der Waals surface area contributed by atoms with Crippen LogP contribution >= 0.6 is 0 Å². The number of carbonyl (C=O) groups is 2. The second-order valence-corrected chi connectivity index (χ2v) is 8.99. The van der Waals surface area contributed by atoms with E-state index in [1.807, 2.05) is 0 Å². The number of halogens is 1. The summed E-state index contributed by atoms with van der Waals surface area (Å²) in [5.41, 5.74) is 0.398. The fourth-order valence-electron chi connectivity index (χ4n) is 6.63. The molecule has 0 heterocycles. The van der Waals surface area contributed by atoms with Crippen LogP contribution in [0.2, 0.25) is 0 Å². The summed E-state index contributed by atoms with van der Waals surface area (Å²) < 4.78 is 15.2. The van der Waals surface area contributed by atoms with Crippen molar-refractivity contribution < 1.29 is 14.0 Å². The molecule has 4 aliphatic rings. The third-order valence-corrected chi connectivity index (χ3v) is 7.99. The second kappa shape index (κ2) is 4.86. The van der Waals surface area contributed by atoms with Gasteiger partial charge < -0.3 is 5.41 Å². The van der Waals surface area contributed by atoms with Gasteiger partial charge in [0.15, 0.2) is 12.0 Å². The van der Waals surface area contributed by atoms with Crippen LogP contribution in [0, 0.1) is 39.9 Å².